The summed E-state index contributed by atoms with van der Waals surface area (Å²) in [6, 6.07) is 2.80. The summed E-state index contributed by atoms with van der Waals surface area (Å²) in [4.78, 5) is 30.1. The molecule has 2 saturated heterocycles. The summed E-state index contributed by atoms with van der Waals surface area (Å²) >= 11 is 0. The molecule has 2 aliphatic heterocycles. The molecule has 2 fully saturated rings. The number of carbonyl (C=O) groups excluding carboxylic acids is 2. The van der Waals surface area contributed by atoms with Crippen molar-refractivity contribution in [1.29, 1.82) is 0 Å². The zero-order chi connectivity index (χ0) is 29.2. The highest BCUT2D eigenvalue weighted by Crippen LogP contribution is 2.38. The van der Waals surface area contributed by atoms with Crippen LogP contribution in [0.3, 0.4) is 0 Å². The predicted molar refractivity (Wildman–Crippen MR) is 135 cm³/mol. The molecule has 6 nitrogen and oxygen atoms in total. The average molecular weight is 565 g/mol. The minimum atomic E-state index is -4.54. The number of piperidine rings is 1. The number of rotatable bonds is 6. The van der Waals surface area contributed by atoms with Gasteiger partial charge in [0.2, 0.25) is 5.91 Å². The topological polar surface area (TPSA) is 69.9 Å². The van der Waals surface area contributed by atoms with E-state index in [0.717, 1.165) is 12.1 Å². The number of alkyl halides is 6. The summed E-state index contributed by atoms with van der Waals surface area (Å²) in [6.07, 6.45) is -8.66. The lowest BCUT2D eigenvalue weighted by Gasteiger charge is -2.50. The van der Waals surface area contributed by atoms with Crippen LogP contribution in [0.15, 0.2) is 24.3 Å². The molecule has 0 bridgehead atoms. The first-order chi connectivity index (χ1) is 18.0. The molecule has 2 heterocycles. The molecule has 0 aromatic heterocycles. The molecule has 2 aliphatic rings. The summed E-state index contributed by atoms with van der Waals surface area (Å²) in [5.41, 5.74) is 4.49. The van der Waals surface area contributed by atoms with Crippen LogP contribution in [0.1, 0.15) is 70.0 Å². The van der Waals surface area contributed by atoms with Crippen molar-refractivity contribution in [1.82, 2.24) is 14.7 Å². The summed E-state index contributed by atoms with van der Waals surface area (Å²) in [5, 5.41) is 0. The first-order valence-electron chi connectivity index (χ1n) is 13.3. The van der Waals surface area contributed by atoms with E-state index in [1.54, 1.807) is 4.90 Å². The molecule has 0 radical (unpaired) electrons. The average Bonchev–Trinajstić information content (AvgIpc) is 2.83. The van der Waals surface area contributed by atoms with E-state index in [4.69, 9.17) is 5.73 Å². The van der Waals surface area contributed by atoms with Crippen molar-refractivity contribution in [2.24, 2.45) is 17.1 Å². The van der Waals surface area contributed by atoms with Gasteiger partial charge >= 0.3 is 18.4 Å². The predicted octanol–water partition coefficient (Wildman–Crippen LogP) is 5.83. The van der Waals surface area contributed by atoms with E-state index in [9.17, 15) is 35.9 Å². The van der Waals surface area contributed by atoms with E-state index >= 15 is 0 Å². The third-order valence-electron chi connectivity index (χ3n) is 7.89. The highest BCUT2D eigenvalue weighted by molar-refractivity contribution is 5.77. The Morgan fingerprint density at radius 3 is 2.03 bits per heavy atom. The van der Waals surface area contributed by atoms with Crippen LogP contribution in [0, 0.1) is 11.3 Å². The molecule has 0 saturated carbocycles. The quantitative estimate of drug-likeness (QED) is 0.442. The zero-order valence-electron chi connectivity index (χ0n) is 22.6. The van der Waals surface area contributed by atoms with Gasteiger partial charge in [-0.2, -0.15) is 26.3 Å². The van der Waals surface area contributed by atoms with Crippen molar-refractivity contribution in [3.05, 3.63) is 35.4 Å². The Morgan fingerprint density at radius 1 is 0.949 bits per heavy atom. The van der Waals surface area contributed by atoms with Gasteiger partial charge in [-0.05, 0) is 48.3 Å². The largest absolute Gasteiger partial charge is 0.416 e. The first kappa shape index (κ1) is 31.0. The number of hydrogen-bond donors (Lipinski definition) is 1. The fourth-order valence-corrected chi connectivity index (χ4v) is 5.60. The minimum absolute atomic E-state index is 0.0338. The van der Waals surface area contributed by atoms with Crippen molar-refractivity contribution in [2.75, 3.05) is 32.7 Å². The Balaban J connectivity index is 1.77. The summed E-state index contributed by atoms with van der Waals surface area (Å²) in [5.74, 6) is 0.0758. The maximum atomic E-state index is 13.4. The molecule has 3 rings (SSSR count). The van der Waals surface area contributed by atoms with E-state index in [1.807, 2.05) is 30.6 Å². The van der Waals surface area contributed by atoms with Crippen LogP contribution in [0.2, 0.25) is 0 Å². The van der Waals surface area contributed by atoms with Crippen molar-refractivity contribution >= 4 is 11.9 Å². The van der Waals surface area contributed by atoms with Crippen molar-refractivity contribution < 1.29 is 35.9 Å². The van der Waals surface area contributed by atoms with E-state index in [1.165, 1.54) is 12.1 Å². The molecule has 1 aromatic carbocycles. The van der Waals surface area contributed by atoms with Crippen LogP contribution in [-0.2, 0) is 11.0 Å². The number of piperazine rings is 1. The summed E-state index contributed by atoms with van der Waals surface area (Å²) in [7, 11) is 0. The maximum Gasteiger partial charge on any atom is 0.416 e. The van der Waals surface area contributed by atoms with Crippen molar-refractivity contribution in [3.8, 4) is 0 Å². The van der Waals surface area contributed by atoms with Crippen molar-refractivity contribution in [2.45, 2.75) is 77.3 Å². The van der Waals surface area contributed by atoms with Gasteiger partial charge in [-0.3, -0.25) is 9.69 Å². The number of carbonyl (C=O) groups is 2. The fraction of sp³-hybridized carbons (Fsp3) is 0.704. The molecular formula is C27H38F6N4O2. The lowest BCUT2D eigenvalue weighted by Crippen LogP contribution is -2.60. The number of nitrogens with two attached hydrogens (primary N) is 1. The smallest absolute Gasteiger partial charge is 0.351 e. The lowest BCUT2D eigenvalue weighted by atomic mass is 9.82. The van der Waals surface area contributed by atoms with Gasteiger partial charge < -0.3 is 15.5 Å². The number of benzene rings is 1. The second-order valence-electron chi connectivity index (χ2n) is 11.7. The van der Waals surface area contributed by atoms with Crippen molar-refractivity contribution in [3.63, 3.8) is 0 Å². The number of hydrogen-bond acceptors (Lipinski definition) is 3. The Bertz CT molecular complexity index is 982. The normalized spacial score (nSPS) is 21.2. The Kier molecular flexibility index (Phi) is 9.50. The number of likely N-dealkylation sites (tertiary alicyclic amines) is 1. The second-order valence-corrected chi connectivity index (χ2v) is 11.7. The first-order valence-corrected chi connectivity index (χ1v) is 13.3. The Hall–Kier alpha value is -2.50. The lowest BCUT2D eigenvalue weighted by molar-refractivity contribution is -0.144. The summed E-state index contributed by atoms with van der Waals surface area (Å²) < 4.78 is 78.8. The van der Waals surface area contributed by atoms with Crippen LogP contribution in [0.25, 0.3) is 0 Å². The zero-order valence-corrected chi connectivity index (χ0v) is 22.6. The Labute approximate surface area is 225 Å². The molecular weight excluding hydrogens is 526 g/mol. The van der Waals surface area contributed by atoms with Gasteiger partial charge in [-0.15, -0.1) is 0 Å². The number of amides is 3. The number of halogens is 6. The molecule has 39 heavy (non-hydrogen) atoms. The molecule has 2 unspecified atom stereocenters. The SMILES string of the molecule is CC(C)(C)C1CN(C(CCC(F)(F)F)c2ccc(C(F)(F)F)cc2)CCN1C(=O)CC1CCN(C(N)=O)CC1. The van der Waals surface area contributed by atoms with Crippen LogP contribution in [0.4, 0.5) is 31.1 Å². The monoisotopic (exact) mass is 564 g/mol. The standard InChI is InChI=1S/C27H38F6N4O2/c1-25(2,3)22-17-36(14-15-37(22)23(38)16-18-9-12-35(13-10-18)24(34)39)21(8-11-26(28,29)30)19-4-6-20(7-5-19)27(31,32)33/h4-7,18,21-22H,8-17H2,1-3H3,(H2,34,39). The van der Waals surface area contributed by atoms with E-state index in [-0.39, 0.29) is 24.3 Å². The fourth-order valence-electron chi connectivity index (χ4n) is 5.60. The van der Waals surface area contributed by atoms with Crippen LogP contribution in [0.5, 0.6) is 0 Å². The van der Waals surface area contributed by atoms with Crippen LogP contribution < -0.4 is 5.73 Å². The highest BCUT2D eigenvalue weighted by atomic mass is 19.4. The minimum Gasteiger partial charge on any atom is -0.351 e. The van der Waals surface area contributed by atoms with E-state index in [2.05, 4.69) is 0 Å². The van der Waals surface area contributed by atoms with Gasteiger partial charge in [0.15, 0.2) is 0 Å². The van der Waals surface area contributed by atoms with Gasteiger partial charge in [0, 0.05) is 57.6 Å². The van der Waals surface area contributed by atoms with E-state index in [0.29, 0.717) is 57.5 Å². The molecule has 220 valence electrons. The molecule has 1 aromatic rings. The number of nitrogens with zero attached hydrogens (tertiary/aromatic N) is 3. The molecule has 3 amide bonds. The molecule has 12 heteroatoms. The highest BCUT2D eigenvalue weighted by Gasteiger charge is 2.41. The second kappa shape index (κ2) is 11.9. The molecule has 2 N–H and O–H groups in total. The number of primary amides is 1. The van der Waals surface area contributed by atoms with Crippen LogP contribution in [-0.4, -0.2) is 71.6 Å². The van der Waals surface area contributed by atoms with Gasteiger partial charge in [-0.1, -0.05) is 32.9 Å². The maximum absolute atomic E-state index is 13.4. The Morgan fingerprint density at radius 2 is 1.54 bits per heavy atom. The van der Waals surface area contributed by atoms with Crippen LogP contribution >= 0.6 is 0 Å². The molecule has 0 spiro atoms. The van der Waals surface area contributed by atoms with Gasteiger partial charge in [0.05, 0.1) is 5.56 Å². The van der Waals surface area contributed by atoms with E-state index < -0.39 is 41.8 Å². The molecule has 0 aliphatic carbocycles. The third-order valence-corrected chi connectivity index (χ3v) is 7.89. The number of urea groups is 1. The van der Waals surface area contributed by atoms with Gasteiger partial charge in [0.1, 0.15) is 0 Å². The third kappa shape index (κ3) is 8.49. The van der Waals surface area contributed by atoms with Gasteiger partial charge in [0.25, 0.3) is 0 Å². The summed E-state index contributed by atoms with van der Waals surface area (Å²) in [6.45, 7) is 7.82. The molecule has 2 atom stereocenters. The van der Waals surface area contributed by atoms with Gasteiger partial charge in [-0.25, -0.2) is 4.79 Å².